The number of hydrogen-bond acceptors (Lipinski definition) is 3. The normalized spacial score (nSPS) is 24.4. The molecule has 0 aliphatic carbocycles. The topological polar surface area (TPSA) is 37.4 Å². The van der Waals surface area contributed by atoms with Crippen molar-refractivity contribution in [2.75, 3.05) is 12.3 Å². The summed E-state index contributed by atoms with van der Waals surface area (Å²) in [6.07, 6.45) is 5.92. The maximum Gasteiger partial charge on any atom is 0.236 e. The van der Waals surface area contributed by atoms with Gasteiger partial charge in [-0.1, -0.05) is 12.2 Å². The van der Waals surface area contributed by atoms with Crippen molar-refractivity contribution >= 4 is 19.7 Å². The van der Waals surface area contributed by atoms with Gasteiger partial charge in [-0.3, -0.25) is 4.90 Å². The fourth-order valence-corrected chi connectivity index (χ4v) is 2.55. The Bertz CT molecular complexity index is 324. The van der Waals surface area contributed by atoms with Gasteiger partial charge in [0.25, 0.3) is 0 Å². The SMILES string of the molecule is CC(C)N1CCCC1/C=C\CS(=O)(=O)Cl. The quantitative estimate of drug-likeness (QED) is 0.567. The van der Waals surface area contributed by atoms with E-state index in [-0.39, 0.29) is 5.75 Å². The van der Waals surface area contributed by atoms with Gasteiger partial charge < -0.3 is 0 Å². The highest BCUT2D eigenvalue weighted by Gasteiger charge is 2.23. The third kappa shape index (κ3) is 4.53. The largest absolute Gasteiger partial charge is 0.295 e. The van der Waals surface area contributed by atoms with E-state index in [0.717, 1.165) is 13.0 Å². The van der Waals surface area contributed by atoms with Crippen LogP contribution >= 0.6 is 10.7 Å². The van der Waals surface area contributed by atoms with Gasteiger partial charge in [0.15, 0.2) is 0 Å². The fraction of sp³-hybridized carbons (Fsp3) is 0.800. The molecule has 1 atom stereocenters. The first kappa shape index (κ1) is 13.0. The lowest BCUT2D eigenvalue weighted by Gasteiger charge is -2.25. The average Bonchev–Trinajstić information content (AvgIpc) is 2.49. The molecular formula is C10H18ClNO2S. The van der Waals surface area contributed by atoms with Gasteiger partial charge in [-0.05, 0) is 33.2 Å². The van der Waals surface area contributed by atoms with Crippen LogP contribution in [0.25, 0.3) is 0 Å². The smallest absolute Gasteiger partial charge is 0.236 e. The zero-order valence-electron chi connectivity index (χ0n) is 9.19. The standard InChI is InChI=1S/C10H18ClNO2S/c1-9(2)12-7-3-5-10(12)6-4-8-15(11,13)14/h4,6,9-10H,3,5,7-8H2,1-2H3/b6-4-. The molecular weight excluding hydrogens is 234 g/mol. The van der Waals surface area contributed by atoms with Crippen LogP contribution in [0.4, 0.5) is 0 Å². The molecule has 1 fully saturated rings. The highest BCUT2D eigenvalue weighted by atomic mass is 35.7. The third-order valence-electron chi connectivity index (χ3n) is 2.66. The van der Waals surface area contributed by atoms with Crippen molar-refractivity contribution in [2.24, 2.45) is 0 Å². The Morgan fingerprint density at radius 3 is 2.73 bits per heavy atom. The first-order chi connectivity index (χ1) is 6.90. The minimum atomic E-state index is -3.39. The second kappa shape index (κ2) is 5.32. The highest BCUT2D eigenvalue weighted by Crippen LogP contribution is 2.20. The minimum Gasteiger partial charge on any atom is -0.295 e. The van der Waals surface area contributed by atoms with Gasteiger partial charge >= 0.3 is 0 Å². The van der Waals surface area contributed by atoms with E-state index in [9.17, 15) is 8.42 Å². The molecule has 0 saturated carbocycles. The van der Waals surface area contributed by atoms with Gasteiger partial charge in [-0.2, -0.15) is 0 Å². The molecule has 5 heteroatoms. The Balaban J connectivity index is 2.50. The maximum absolute atomic E-state index is 10.7. The summed E-state index contributed by atoms with van der Waals surface area (Å²) in [6, 6.07) is 0.887. The summed E-state index contributed by atoms with van der Waals surface area (Å²) < 4.78 is 21.4. The Morgan fingerprint density at radius 1 is 1.53 bits per heavy atom. The molecule has 0 aromatic heterocycles. The number of nitrogens with zero attached hydrogens (tertiary/aromatic N) is 1. The van der Waals surface area contributed by atoms with Crippen molar-refractivity contribution in [1.29, 1.82) is 0 Å². The summed E-state index contributed by atoms with van der Waals surface area (Å²) in [7, 11) is 1.74. The molecule has 1 aliphatic rings. The molecule has 1 unspecified atom stereocenters. The zero-order chi connectivity index (χ0) is 11.5. The molecule has 0 amide bonds. The van der Waals surface area contributed by atoms with Gasteiger partial charge in [0, 0.05) is 22.8 Å². The van der Waals surface area contributed by atoms with E-state index < -0.39 is 9.05 Å². The van der Waals surface area contributed by atoms with Crippen molar-refractivity contribution in [2.45, 2.75) is 38.8 Å². The third-order valence-corrected chi connectivity index (χ3v) is 3.63. The monoisotopic (exact) mass is 251 g/mol. The fourth-order valence-electron chi connectivity index (χ4n) is 1.99. The lowest BCUT2D eigenvalue weighted by atomic mass is 10.2. The van der Waals surface area contributed by atoms with Gasteiger partial charge in [0.2, 0.25) is 9.05 Å². The van der Waals surface area contributed by atoms with E-state index in [4.69, 9.17) is 10.7 Å². The molecule has 0 bridgehead atoms. The molecule has 1 aliphatic heterocycles. The van der Waals surface area contributed by atoms with Gasteiger partial charge in [0.05, 0.1) is 5.75 Å². The predicted octanol–water partition coefficient (Wildman–Crippen LogP) is 1.98. The minimum absolute atomic E-state index is 0.0724. The van der Waals surface area contributed by atoms with Crippen LogP contribution < -0.4 is 0 Å². The van der Waals surface area contributed by atoms with Crippen molar-refractivity contribution in [1.82, 2.24) is 4.90 Å². The maximum atomic E-state index is 10.7. The summed E-state index contributed by atoms with van der Waals surface area (Å²) in [4.78, 5) is 2.37. The van der Waals surface area contributed by atoms with Gasteiger partial charge in [-0.15, -0.1) is 0 Å². The van der Waals surface area contributed by atoms with E-state index in [0.29, 0.717) is 12.1 Å². The lowest BCUT2D eigenvalue weighted by Crippen LogP contribution is -2.34. The number of rotatable bonds is 4. The van der Waals surface area contributed by atoms with Gasteiger partial charge in [-0.25, -0.2) is 8.42 Å². The van der Waals surface area contributed by atoms with Crippen LogP contribution in [-0.4, -0.2) is 37.7 Å². The highest BCUT2D eigenvalue weighted by molar-refractivity contribution is 8.13. The van der Waals surface area contributed by atoms with Crippen LogP contribution in [-0.2, 0) is 9.05 Å². The Kier molecular flexibility index (Phi) is 4.62. The van der Waals surface area contributed by atoms with E-state index in [1.807, 2.05) is 6.08 Å². The Morgan fingerprint density at radius 2 is 2.20 bits per heavy atom. The second-order valence-electron chi connectivity index (χ2n) is 4.17. The first-order valence-electron chi connectivity index (χ1n) is 5.25. The molecule has 0 aromatic rings. The van der Waals surface area contributed by atoms with E-state index >= 15 is 0 Å². The Hall–Kier alpha value is -0.0600. The molecule has 0 aromatic carbocycles. The number of hydrogen-bond donors (Lipinski definition) is 0. The van der Waals surface area contributed by atoms with Crippen LogP contribution in [0.3, 0.4) is 0 Å². The molecule has 0 radical (unpaired) electrons. The summed E-state index contributed by atoms with van der Waals surface area (Å²) in [5.41, 5.74) is 0. The summed E-state index contributed by atoms with van der Waals surface area (Å²) in [6.45, 7) is 5.41. The molecule has 3 nitrogen and oxygen atoms in total. The molecule has 1 rings (SSSR count). The number of halogens is 1. The van der Waals surface area contributed by atoms with Crippen LogP contribution in [0.1, 0.15) is 26.7 Å². The van der Waals surface area contributed by atoms with Crippen LogP contribution in [0.2, 0.25) is 0 Å². The van der Waals surface area contributed by atoms with Crippen molar-refractivity contribution in [3.05, 3.63) is 12.2 Å². The second-order valence-corrected chi connectivity index (χ2v) is 7.00. The number of likely N-dealkylation sites (tertiary alicyclic amines) is 1. The summed E-state index contributed by atoms with van der Waals surface area (Å²) in [5, 5.41) is 0. The van der Waals surface area contributed by atoms with Gasteiger partial charge in [0.1, 0.15) is 0 Å². The zero-order valence-corrected chi connectivity index (χ0v) is 10.8. The Labute approximate surface area is 96.5 Å². The molecule has 1 saturated heterocycles. The first-order valence-corrected chi connectivity index (χ1v) is 7.73. The molecule has 1 heterocycles. The average molecular weight is 252 g/mol. The van der Waals surface area contributed by atoms with Crippen molar-refractivity contribution in [3.8, 4) is 0 Å². The van der Waals surface area contributed by atoms with Crippen molar-refractivity contribution in [3.63, 3.8) is 0 Å². The van der Waals surface area contributed by atoms with Crippen LogP contribution in [0, 0.1) is 0 Å². The lowest BCUT2D eigenvalue weighted by molar-refractivity contribution is 0.234. The van der Waals surface area contributed by atoms with E-state index in [1.165, 1.54) is 6.42 Å². The molecule has 0 N–H and O–H groups in total. The molecule has 88 valence electrons. The van der Waals surface area contributed by atoms with Crippen LogP contribution in [0.5, 0.6) is 0 Å². The molecule has 0 spiro atoms. The van der Waals surface area contributed by atoms with E-state index in [1.54, 1.807) is 6.08 Å². The summed E-state index contributed by atoms with van der Waals surface area (Å²) >= 11 is 0. The predicted molar refractivity (Wildman–Crippen MR) is 63.6 cm³/mol. The van der Waals surface area contributed by atoms with Crippen molar-refractivity contribution < 1.29 is 8.42 Å². The van der Waals surface area contributed by atoms with Crippen LogP contribution in [0.15, 0.2) is 12.2 Å². The molecule has 15 heavy (non-hydrogen) atoms. The van der Waals surface area contributed by atoms with E-state index in [2.05, 4.69) is 18.7 Å². The summed E-state index contributed by atoms with van der Waals surface area (Å²) in [5.74, 6) is -0.0724.